The van der Waals surface area contributed by atoms with Gasteiger partial charge in [0.2, 0.25) is 0 Å². The van der Waals surface area contributed by atoms with Crippen molar-refractivity contribution in [1.82, 2.24) is 4.98 Å². The van der Waals surface area contributed by atoms with Gasteiger partial charge in [-0.2, -0.15) is 0 Å². The van der Waals surface area contributed by atoms with Crippen LogP contribution in [0.2, 0.25) is 0 Å². The van der Waals surface area contributed by atoms with Crippen molar-refractivity contribution in [2.24, 2.45) is 0 Å². The lowest BCUT2D eigenvalue weighted by Gasteiger charge is -2.48. The van der Waals surface area contributed by atoms with Crippen molar-refractivity contribution in [2.75, 3.05) is 9.80 Å². The number of aromatic nitrogens is 1. The Hall–Kier alpha value is -9.18. The Morgan fingerprint density at radius 2 is 0.750 bits per heavy atom. The van der Waals surface area contributed by atoms with Crippen molar-refractivity contribution in [3.8, 4) is 34.1 Å². The molecule has 10 aromatic rings. The summed E-state index contributed by atoms with van der Waals surface area (Å²) in [7, 11) is 0. The van der Waals surface area contributed by atoms with E-state index in [0.717, 1.165) is 113 Å². The van der Waals surface area contributed by atoms with Crippen LogP contribution in [0.4, 0.5) is 39.9 Å². The van der Waals surface area contributed by atoms with Crippen molar-refractivity contribution in [1.29, 1.82) is 0 Å². The van der Waals surface area contributed by atoms with Gasteiger partial charge in [0, 0.05) is 34.1 Å². The molecular formula is C62H38N4O2. The van der Waals surface area contributed by atoms with E-state index in [1.807, 2.05) is 36.5 Å². The summed E-state index contributed by atoms with van der Waals surface area (Å²) < 4.78 is 13.2. The molecule has 0 unspecified atom stereocenters. The number of benzene rings is 9. The van der Waals surface area contributed by atoms with Gasteiger partial charge >= 0.3 is 0 Å². The van der Waals surface area contributed by atoms with E-state index in [0.29, 0.717) is 5.69 Å². The second-order valence-electron chi connectivity index (χ2n) is 17.6. The number of anilines is 6. The first-order valence-corrected chi connectivity index (χ1v) is 22.9. The third-order valence-electron chi connectivity index (χ3n) is 14.4. The second-order valence-corrected chi connectivity index (χ2v) is 17.6. The molecule has 0 fully saturated rings. The van der Waals surface area contributed by atoms with Gasteiger partial charge in [-0.05, 0) is 100 Å². The van der Waals surface area contributed by atoms with Crippen LogP contribution < -0.4 is 19.3 Å². The Kier molecular flexibility index (Phi) is 8.08. The van der Waals surface area contributed by atoms with Crippen LogP contribution in [0, 0.1) is 6.57 Å². The van der Waals surface area contributed by atoms with Crippen molar-refractivity contribution in [3.63, 3.8) is 0 Å². The number of pyridine rings is 1. The van der Waals surface area contributed by atoms with Gasteiger partial charge in [0.25, 0.3) is 0 Å². The quantitative estimate of drug-likeness (QED) is 0.166. The van der Waals surface area contributed by atoms with Crippen molar-refractivity contribution in [3.05, 3.63) is 287 Å². The minimum absolute atomic E-state index is 0.554. The van der Waals surface area contributed by atoms with Gasteiger partial charge < -0.3 is 14.4 Å². The molecule has 4 aliphatic heterocycles. The summed E-state index contributed by atoms with van der Waals surface area (Å²) in [6.45, 7) is 8.38. The molecule has 0 saturated carbocycles. The molecule has 0 aliphatic carbocycles. The van der Waals surface area contributed by atoms with E-state index in [-0.39, 0.29) is 0 Å². The summed E-state index contributed by atoms with van der Waals surface area (Å²) in [5, 5.41) is 0. The van der Waals surface area contributed by atoms with Crippen LogP contribution in [0.5, 0.6) is 23.0 Å². The highest BCUT2D eigenvalue weighted by Gasteiger charge is 2.52. The number of hydrogen-bond acceptors (Lipinski definition) is 5. The van der Waals surface area contributed by atoms with Crippen LogP contribution in [0.3, 0.4) is 0 Å². The maximum atomic E-state index is 8.38. The maximum Gasteiger partial charge on any atom is 0.195 e. The summed E-state index contributed by atoms with van der Waals surface area (Å²) in [4.78, 5) is 13.9. The summed E-state index contributed by atoms with van der Waals surface area (Å²) >= 11 is 0. The Bertz CT molecular complexity index is 3570. The fraction of sp³-hybridized carbons (Fsp3) is 0.0323. The Labute approximate surface area is 394 Å². The van der Waals surface area contributed by atoms with Crippen LogP contribution in [0.15, 0.2) is 231 Å². The fourth-order valence-corrected chi connectivity index (χ4v) is 11.8. The molecule has 0 radical (unpaired) electrons. The van der Waals surface area contributed by atoms with E-state index >= 15 is 0 Å². The molecule has 0 bridgehead atoms. The van der Waals surface area contributed by atoms with E-state index in [9.17, 15) is 0 Å². The lowest BCUT2D eigenvalue weighted by atomic mass is 9.61. The first-order chi connectivity index (χ1) is 33.7. The smallest absolute Gasteiger partial charge is 0.195 e. The topological polar surface area (TPSA) is 42.2 Å². The summed E-state index contributed by atoms with van der Waals surface area (Å²) in [6.07, 6.45) is 1.92. The molecule has 0 N–H and O–H groups in total. The Balaban J connectivity index is 0.910. The van der Waals surface area contributed by atoms with Gasteiger partial charge in [0.05, 0.1) is 40.2 Å². The predicted molar refractivity (Wildman–Crippen MR) is 269 cm³/mol. The van der Waals surface area contributed by atoms with Crippen molar-refractivity contribution >= 4 is 39.9 Å². The largest absolute Gasteiger partial charge is 0.457 e. The molecule has 0 amide bonds. The molecular weight excluding hydrogens is 833 g/mol. The van der Waals surface area contributed by atoms with Gasteiger partial charge in [-0.15, -0.1) is 0 Å². The highest BCUT2D eigenvalue weighted by molar-refractivity contribution is 5.94. The lowest BCUT2D eigenvalue weighted by Crippen LogP contribution is -2.39. The minimum Gasteiger partial charge on any atom is -0.457 e. The van der Waals surface area contributed by atoms with Crippen LogP contribution >= 0.6 is 0 Å². The third-order valence-corrected chi connectivity index (χ3v) is 14.4. The highest BCUT2D eigenvalue weighted by atomic mass is 16.5. The zero-order chi connectivity index (χ0) is 45.0. The van der Waals surface area contributed by atoms with Crippen LogP contribution in [-0.4, -0.2) is 4.98 Å². The predicted octanol–water partition coefficient (Wildman–Crippen LogP) is 15.8. The molecule has 6 heteroatoms. The van der Waals surface area contributed by atoms with Gasteiger partial charge in [-0.25, -0.2) is 9.83 Å². The number of para-hydroxylation sites is 8. The number of hydrogen-bond donors (Lipinski definition) is 0. The summed E-state index contributed by atoms with van der Waals surface area (Å²) in [6, 6.07) is 78.8. The van der Waals surface area contributed by atoms with Crippen molar-refractivity contribution in [2.45, 2.75) is 10.8 Å². The Morgan fingerprint density at radius 3 is 1.13 bits per heavy atom. The zero-order valence-corrected chi connectivity index (χ0v) is 36.5. The molecule has 6 nitrogen and oxygen atoms in total. The zero-order valence-electron chi connectivity index (χ0n) is 36.5. The molecule has 318 valence electrons. The standard InChI is InChI=1S/C62H38N4O2/c1-63-51-36-35-41(65-52-26-10-2-18-43(52)61(44-19-3-11-27-53(44)65)47-22-6-14-30-56(47)67-57-31-15-7-23-48(57)61)38-42(51)40-34-37-60(64-39-40)66-54-28-12-4-20-45(54)62(46-21-5-13-29-55(46)66)49-24-8-16-32-58(49)68-59-33-17-9-25-50(59)62/h2-39H. The van der Waals surface area contributed by atoms with E-state index in [4.69, 9.17) is 21.0 Å². The number of ether oxygens (including phenoxy) is 2. The second kappa shape index (κ2) is 14.4. The molecule has 14 rings (SSSR count). The number of nitrogens with zero attached hydrogens (tertiary/aromatic N) is 4. The molecule has 4 aliphatic rings. The minimum atomic E-state index is -0.642. The molecule has 68 heavy (non-hydrogen) atoms. The molecule has 1 aromatic heterocycles. The fourth-order valence-electron chi connectivity index (χ4n) is 11.8. The van der Waals surface area contributed by atoms with Gasteiger partial charge in [-0.3, -0.25) is 4.90 Å². The van der Waals surface area contributed by atoms with E-state index in [1.165, 1.54) is 0 Å². The van der Waals surface area contributed by atoms with Crippen LogP contribution in [-0.2, 0) is 10.8 Å². The monoisotopic (exact) mass is 870 g/mol. The maximum absolute atomic E-state index is 8.38. The van der Waals surface area contributed by atoms with Gasteiger partial charge in [0.15, 0.2) is 5.69 Å². The molecule has 2 spiro atoms. The SMILES string of the molecule is [C-]#[N+]c1ccc(N2c3ccccc3C3(c4ccccc4Oc4ccccc43)c3ccccc32)cc1-c1ccc(N2c3ccccc3C3(c4ccccc4Oc4ccccc43)c3ccccc32)nc1. The highest BCUT2D eigenvalue weighted by Crippen LogP contribution is 2.64. The first kappa shape index (κ1) is 38.1. The average molecular weight is 871 g/mol. The lowest BCUT2D eigenvalue weighted by molar-refractivity contribution is 0.433. The molecule has 9 aromatic carbocycles. The van der Waals surface area contributed by atoms with E-state index in [1.54, 1.807) is 0 Å². The van der Waals surface area contributed by atoms with Gasteiger partial charge in [0.1, 0.15) is 28.8 Å². The average Bonchev–Trinajstić information content (AvgIpc) is 3.41. The molecule has 5 heterocycles. The molecule has 0 atom stereocenters. The number of rotatable bonds is 3. The first-order valence-electron chi connectivity index (χ1n) is 22.9. The summed E-state index contributed by atoms with van der Waals surface area (Å²) in [5.41, 5.74) is 15.1. The Morgan fingerprint density at radius 1 is 0.382 bits per heavy atom. The normalized spacial score (nSPS) is 14.6. The summed E-state index contributed by atoms with van der Waals surface area (Å²) in [5.74, 6) is 4.16. The molecule has 0 saturated heterocycles. The van der Waals surface area contributed by atoms with E-state index in [2.05, 4.69) is 209 Å². The third kappa shape index (κ3) is 5.02. The van der Waals surface area contributed by atoms with Crippen LogP contribution in [0.1, 0.15) is 44.5 Å². The number of fused-ring (bicyclic) bond motifs is 16. The van der Waals surface area contributed by atoms with Crippen LogP contribution in [0.25, 0.3) is 16.0 Å². The van der Waals surface area contributed by atoms with E-state index < -0.39 is 10.8 Å². The van der Waals surface area contributed by atoms with Gasteiger partial charge in [-0.1, -0.05) is 158 Å². The van der Waals surface area contributed by atoms with Crippen molar-refractivity contribution < 1.29 is 9.47 Å².